The average Bonchev–Trinajstić information content (AvgIpc) is 2.38. The first-order valence-corrected chi connectivity index (χ1v) is 6.73. The van der Waals surface area contributed by atoms with Gasteiger partial charge in [-0.2, -0.15) is 0 Å². The SMILES string of the molecule is CCC(C)(CO)NC(=O)Nc1cnc(C(C)(C)C)nc1. The number of amides is 2. The summed E-state index contributed by atoms with van der Waals surface area (Å²) in [6, 6.07) is -0.379. The van der Waals surface area contributed by atoms with E-state index >= 15 is 0 Å². The van der Waals surface area contributed by atoms with Gasteiger partial charge >= 0.3 is 6.03 Å². The van der Waals surface area contributed by atoms with Crippen LogP contribution in [0.3, 0.4) is 0 Å². The predicted molar refractivity (Wildman–Crippen MR) is 78.7 cm³/mol. The van der Waals surface area contributed by atoms with E-state index in [2.05, 4.69) is 20.6 Å². The molecule has 0 aliphatic heterocycles. The molecule has 3 N–H and O–H groups in total. The van der Waals surface area contributed by atoms with E-state index in [1.807, 2.05) is 27.7 Å². The highest BCUT2D eigenvalue weighted by Gasteiger charge is 2.23. The Morgan fingerprint density at radius 2 is 1.80 bits per heavy atom. The molecule has 0 aliphatic carbocycles. The van der Waals surface area contributed by atoms with E-state index < -0.39 is 5.54 Å². The Hall–Kier alpha value is -1.69. The van der Waals surface area contributed by atoms with Gasteiger partial charge < -0.3 is 15.7 Å². The van der Waals surface area contributed by atoms with Crippen LogP contribution in [-0.2, 0) is 5.41 Å². The Kier molecular flexibility index (Phi) is 5.05. The number of aliphatic hydroxyl groups excluding tert-OH is 1. The maximum Gasteiger partial charge on any atom is 0.319 e. The van der Waals surface area contributed by atoms with Crippen molar-refractivity contribution in [2.24, 2.45) is 0 Å². The number of carbonyl (C=O) groups excluding carboxylic acids is 1. The smallest absolute Gasteiger partial charge is 0.319 e. The fourth-order valence-corrected chi connectivity index (χ4v) is 1.46. The number of urea groups is 1. The van der Waals surface area contributed by atoms with Gasteiger partial charge in [0.05, 0.1) is 30.2 Å². The van der Waals surface area contributed by atoms with Gasteiger partial charge in [-0.3, -0.25) is 0 Å². The Bertz CT molecular complexity index is 447. The molecule has 1 heterocycles. The molecule has 0 radical (unpaired) electrons. The van der Waals surface area contributed by atoms with Crippen molar-refractivity contribution >= 4 is 11.7 Å². The van der Waals surface area contributed by atoms with Crippen LogP contribution in [0.2, 0.25) is 0 Å². The number of hydrogen-bond acceptors (Lipinski definition) is 4. The molecule has 2 amide bonds. The Balaban J connectivity index is 2.68. The normalized spacial score (nSPS) is 14.5. The van der Waals surface area contributed by atoms with Crippen molar-refractivity contribution in [1.82, 2.24) is 15.3 Å². The third-order valence-corrected chi connectivity index (χ3v) is 3.13. The van der Waals surface area contributed by atoms with Crippen LogP contribution in [0.4, 0.5) is 10.5 Å². The van der Waals surface area contributed by atoms with Crippen LogP contribution in [-0.4, -0.2) is 33.3 Å². The van der Waals surface area contributed by atoms with Gasteiger partial charge in [-0.1, -0.05) is 27.7 Å². The van der Waals surface area contributed by atoms with E-state index in [4.69, 9.17) is 0 Å². The first-order valence-electron chi connectivity index (χ1n) is 6.73. The van der Waals surface area contributed by atoms with Gasteiger partial charge in [0.1, 0.15) is 5.82 Å². The summed E-state index contributed by atoms with van der Waals surface area (Å²) in [5.41, 5.74) is -0.235. The van der Waals surface area contributed by atoms with Crippen molar-refractivity contribution in [2.45, 2.75) is 52.0 Å². The van der Waals surface area contributed by atoms with Gasteiger partial charge in [0, 0.05) is 5.41 Å². The lowest BCUT2D eigenvalue weighted by atomic mass is 9.96. The summed E-state index contributed by atoms with van der Waals surface area (Å²) in [7, 11) is 0. The van der Waals surface area contributed by atoms with Gasteiger partial charge in [0.25, 0.3) is 0 Å². The molecular weight excluding hydrogens is 256 g/mol. The topological polar surface area (TPSA) is 87.1 Å². The molecule has 0 saturated carbocycles. The molecule has 0 bridgehead atoms. The quantitative estimate of drug-likeness (QED) is 0.787. The van der Waals surface area contributed by atoms with Gasteiger partial charge in [-0.05, 0) is 13.3 Å². The fourth-order valence-electron chi connectivity index (χ4n) is 1.46. The Morgan fingerprint density at radius 3 is 2.20 bits per heavy atom. The minimum absolute atomic E-state index is 0.115. The largest absolute Gasteiger partial charge is 0.394 e. The minimum Gasteiger partial charge on any atom is -0.394 e. The van der Waals surface area contributed by atoms with Crippen molar-refractivity contribution < 1.29 is 9.90 Å². The molecule has 6 heteroatoms. The molecule has 1 aromatic heterocycles. The van der Waals surface area contributed by atoms with Crippen LogP contribution < -0.4 is 10.6 Å². The number of aromatic nitrogens is 2. The highest BCUT2D eigenvalue weighted by Crippen LogP contribution is 2.18. The summed E-state index contributed by atoms with van der Waals surface area (Å²) in [6.45, 7) is 9.64. The number of nitrogens with one attached hydrogen (secondary N) is 2. The molecule has 1 unspecified atom stereocenters. The lowest BCUT2D eigenvalue weighted by Gasteiger charge is -2.27. The van der Waals surface area contributed by atoms with Crippen LogP contribution in [0.1, 0.15) is 46.9 Å². The number of carbonyl (C=O) groups is 1. The summed E-state index contributed by atoms with van der Waals surface area (Å²) < 4.78 is 0. The maximum absolute atomic E-state index is 11.8. The van der Waals surface area contributed by atoms with E-state index in [1.165, 1.54) is 0 Å². The van der Waals surface area contributed by atoms with Gasteiger partial charge in [0.2, 0.25) is 0 Å². The van der Waals surface area contributed by atoms with E-state index in [9.17, 15) is 9.90 Å². The molecule has 6 nitrogen and oxygen atoms in total. The van der Waals surface area contributed by atoms with E-state index in [0.29, 0.717) is 12.1 Å². The summed E-state index contributed by atoms with van der Waals surface area (Å²) in [6.07, 6.45) is 3.79. The van der Waals surface area contributed by atoms with E-state index in [0.717, 1.165) is 5.82 Å². The van der Waals surface area contributed by atoms with Gasteiger partial charge in [-0.25, -0.2) is 14.8 Å². The third-order valence-electron chi connectivity index (χ3n) is 3.13. The second-order valence-corrected chi connectivity index (χ2v) is 6.20. The summed E-state index contributed by atoms with van der Waals surface area (Å²) in [5.74, 6) is 0.720. The predicted octanol–water partition coefficient (Wildman–Crippen LogP) is 2.06. The van der Waals surface area contributed by atoms with Crippen molar-refractivity contribution in [3.05, 3.63) is 18.2 Å². The van der Waals surface area contributed by atoms with Crippen LogP contribution in [0.25, 0.3) is 0 Å². The van der Waals surface area contributed by atoms with Crippen LogP contribution in [0, 0.1) is 0 Å². The third kappa shape index (κ3) is 4.45. The second-order valence-electron chi connectivity index (χ2n) is 6.20. The number of anilines is 1. The monoisotopic (exact) mass is 280 g/mol. The molecule has 0 spiro atoms. The molecule has 0 aliphatic rings. The summed E-state index contributed by atoms with van der Waals surface area (Å²) >= 11 is 0. The van der Waals surface area contributed by atoms with Crippen LogP contribution in [0.5, 0.6) is 0 Å². The van der Waals surface area contributed by atoms with E-state index in [1.54, 1.807) is 19.3 Å². The highest BCUT2D eigenvalue weighted by atomic mass is 16.3. The molecule has 0 aromatic carbocycles. The average molecular weight is 280 g/mol. The summed E-state index contributed by atoms with van der Waals surface area (Å²) in [4.78, 5) is 20.3. The van der Waals surface area contributed by atoms with Crippen molar-refractivity contribution in [1.29, 1.82) is 0 Å². The fraction of sp³-hybridized carbons (Fsp3) is 0.643. The molecule has 1 rings (SSSR count). The zero-order valence-electron chi connectivity index (χ0n) is 12.8. The molecule has 20 heavy (non-hydrogen) atoms. The lowest BCUT2D eigenvalue weighted by molar-refractivity contribution is 0.172. The molecule has 0 saturated heterocycles. The standard InChI is InChI=1S/C14H24N4O2/c1-6-14(5,9-19)18-12(20)17-10-7-15-11(16-8-10)13(2,3)4/h7-8,19H,6,9H2,1-5H3,(H2,17,18,20). The van der Waals surface area contributed by atoms with E-state index in [-0.39, 0.29) is 18.1 Å². The van der Waals surface area contributed by atoms with Crippen molar-refractivity contribution in [2.75, 3.05) is 11.9 Å². The Labute approximate surface area is 120 Å². The maximum atomic E-state index is 11.8. The molecule has 112 valence electrons. The molecule has 1 atom stereocenters. The van der Waals surface area contributed by atoms with Crippen LogP contribution >= 0.6 is 0 Å². The lowest BCUT2D eigenvalue weighted by Crippen LogP contribution is -2.50. The number of rotatable bonds is 4. The minimum atomic E-state index is -0.629. The van der Waals surface area contributed by atoms with Crippen molar-refractivity contribution in [3.63, 3.8) is 0 Å². The van der Waals surface area contributed by atoms with Crippen molar-refractivity contribution in [3.8, 4) is 0 Å². The molecule has 0 fully saturated rings. The zero-order chi connectivity index (χ0) is 15.4. The summed E-state index contributed by atoms with van der Waals surface area (Å²) in [5, 5.41) is 14.6. The van der Waals surface area contributed by atoms with Crippen LogP contribution in [0.15, 0.2) is 12.4 Å². The van der Waals surface area contributed by atoms with Gasteiger partial charge in [-0.15, -0.1) is 0 Å². The zero-order valence-corrected chi connectivity index (χ0v) is 12.8. The molecule has 1 aromatic rings. The number of hydrogen-bond donors (Lipinski definition) is 3. The second kappa shape index (κ2) is 6.17. The number of aliphatic hydroxyl groups is 1. The van der Waals surface area contributed by atoms with Gasteiger partial charge in [0.15, 0.2) is 0 Å². The highest BCUT2D eigenvalue weighted by molar-refractivity contribution is 5.89. The number of nitrogens with zero attached hydrogens (tertiary/aromatic N) is 2. The first kappa shape index (κ1) is 16.4. The first-order chi connectivity index (χ1) is 9.20. The molecular formula is C14H24N4O2. The Morgan fingerprint density at radius 1 is 1.25 bits per heavy atom.